The van der Waals surface area contributed by atoms with Crippen LogP contribution in [0.3, 0.4) is 0 Å². The molecule has 1 aromatic carbocycles. The van der Waals surface area contributed by atoms with E-state index in [-0.39, 0.29) is 5.92 Å². The first-order chi connectivity index (χ1) is 9.10. The van der Waals surface area contributed by atoms with Crippen LogP contribution < -0.4 is 4.74 Å². The van der Waals surface area contributed by atoms with Gasteiger partial charge in [-0.05, 0) is 44.1 Å². The number of likely N-dealkylation sites (tertiary alicyclic amines) is 1. The molecule has 1 fully saturated rings. The van der Waals surface area contributed by atoms with E-state index in [0.29, 0.717) is 17.9 Å². The molecule has 0 aromatic heterocycles. The fourth-order valence-corrected chi connectivity index (χ4v) is 2.64. The van der Waals surface area contributed by atoms with Gasteiger partial charge in [-0.2, -0.15) is 0 Å². The molecule has 1 saturated heterocycles. The average molecular weight is 284 g/mol. The van der Waals surface area contributed by atoms with E-state index in [1.165, 1.54) is 0 Å². The van der Waals surface area contributed by atoms with E-state index < -0.39 is 5.97 Å². The number of nitrogens with zero attached hydrogens (tertiary/aromatic N) is 1. The summed E-state index contributed by atoms with van der Waals surface area (Å²) in [6.07, 6.45) is 1.41. The monoisotopic (exact) mass is 283 g/mol. The van der Waals surface area contributed by atoms with Gasteiger partial charge in [-0.25, -0.2) is 0 Å². The van der Waals surface area contributed by atoms with Gasteiger partial charge < -0.3 is 9.84 Å². The van der Waals surface area contributed by atoms with Crippen molar-refractivity contribution < 1.29 is 14.6 Å². The maximum atomic E-state index is 10.9. The van der Waals surface area contributed by atoms with Gasteiger partial charge in [0.1, 0.15) is 5.75 Å². The van der Waals surface area contributed by atoms with E-state index in [1.807, 2.05) is 12.1 Å². The smallest absolute Gasteiger partial charge is 0.306 e. The number of benzene rings is 1. The molecule has 104 valence electrons. The van der Waals surface area contributed by atoms with Gasteiger partial charge in [-0.1, -0.05) is 11.6 Å². The molecule has 0 radical (unpaired) electrons. The molecule has 0 saturated carbocycles. The van der Waals surface area contributed by atoms with Crippen LogP contribution in [0.2, 0.25) is 5.02 Å². The third kappa shape index (κ3) is 3.61. The molecule has 1 aliphatic rings. The Balaban J connectivity index is 1.99. The van der Waals surface area contributed by atoms with Gasteiger partial charge in [-0.15, -0.1) is 0 Å². The summed E-state index contributed by atoms with van der Waals surface area (Å²) in [5.41, 5.74) is 1.05. The maximum Gasteiger partial charge on any atom is 0.306 e. The lowest BCUT2D eigenvalue weighted by Gasteiger charge is -2.30. The van der Waals surface area contributed by atoms with E-state index in [2.05, 4.69) is 4.90 Å². The van der Waals surface area contributed by atoms with Crippen LogP contribution in [0.5, 0.6) is 5.75 Å². The summed E-state index contributed by atoms with van der Waals surface area (Å²) in [6.45, 7) is 2.34. The van der Waals surface area contributed by atoms with Crippen molar-refractivity contribution in [3.63, 3.8) is 0 Å². The lowest BCUT2D eigenvalue weighted by Crippen LogP contribution is -2.35. The number of methoxy groups -OCH3 is 1. The van der Waals surface area contributed by atoms with Crippen molar-refractivity contribution in [2.75, 3.05) is 20.2 Å². The number of piperidine rings is 1. The Morgan fingerprint density at radius 2 is 2.16 bits per heavy atom. The molecule has 1 N–H and O–H groups in total. The number of halogens is 1. The van der Waals surface area contributed by atoms with Gasteiger partial charge in [0.2, 0.25) is 0 Å². The minimum atomic E-state index is -0.681. The number of ether oxygens (including phenoxy) is 1. The van der Waals surface area contributed by atoms with Crippen LogP contribution >= 0.6 is 11.6 Å². The molecule has 0 unspecified atom stereocenters. The summed E-state index contributed by atoms with van der Waals surface area (Å²) in [4.78, 5) is 13.2. The number of hydrogen-bond acceptors (Lipinski definition) is 3. The molecule has 1 heterocycles. The molecule has 2 rings (SSSR count). The van der Waals surface area contributed by atoms with Gasteiger partial charge in [0.15, 0.2) is 0 Å². The first-order valence-corrected chi connectivity index (χ1v) is 6.75. The predicted octanol–water partition coefficient (Wildman–Crippen LogP) is 2.65. The largest absolute Gasteiger partial charge is 0.496 e. The Hall–Kier alpha value is -1.26. The molecule has 0 bridgehead atoms. The number of rotatable bonds is 4. The molecule has 1 aromatic rings. The number of hydrogen-bond donors (Lipinski definition) is 1. The second-order valence-corrected chi connectivity index (χ2v) is 5.28. The fourth-order valence-electron chi connectivity index (χ4n) is 2.45. The lowest BCUT2D eigenvalue weighted by molar-refractivity contribution is -0.143. The Labute approximate surface area is 117 Å². The third-order valence-electron chi connectivity index (χ3n) is 3.57. The zero-order chi connectivity index (χ0) is 13.8. The van der Waals surface area contributed by atoms with Crippen molar-refractivity contribution in [2.45, 2.75) is 19.4 Å². The Morgan fingerprint density at radius 1 is 1.47 bits per heavy atom. The molecule has 4 nitrogen and oxygen atoms in total. The van der Waals surface area contributed by atoms with Crippen LogP contribution in [0.25, 0.3) is 0 Å². The summed E-state index contributed by atoms with van der Waals surface area (Å²) in [6, 6.07) is 5.58. The van der Waals surface area contributed by atoms with Crippen LogP contribution in [0, 0.1) is 5.92 Å². The van der Waals surface area contributed by atoms with E-state index in [9.17, 15) is 4.79 Å². The highest BCUT2D eigenvalue weighted by atomic mass is 35.5. The fraction of sp³-hybridized carbons (Fsp3) is 0.500. The van der Waals surface area contributed by atoms with E-state index in [0.717, 1.165) is 30.9 Å². The standard InChI is InChI=1S/C14H18ClNO3/c1-19-13-3-2-12(15)8-11(13)9-16-6-4-10(5-7-16)14(17)18/h2-3,8,10H,4-7,9H2,1H3,(H,17,18). The molecular weight excluding hydrogens is 266 g/mol. The predicted molar refractivity (Wildman–Crippen MR) is 73.6 cm³/mol. The first kappa shape index (κ1) is 14.2. The van der Waals surface area contributed by atoms with Crippen molar-refractivity contribution in [1.29, 1.82) is 0 Å². The average Bonchev–Trinajstić information content (AvgIpc) is 2.39. The van der Waals surface area contributed by atoms with Crippen molar-refractivity contribution in [3.05, 3.63) is 28.8 Å². The van der Waals surface area contributed by atoms with Crippen LogP contribution in [-0.2, 0) is 11.3 Å². The summed E-state index contributed by atoms with van der Waals surface area (Å²) in [5, 5.41) is 9.67. The highest BCUT2D eigenvalue weighted by Crippen LogP contribution is 2.26. The molecule has 0 spiro atoms. The number of carboxylic acids is 1. The summed E-state index contributed by atoms with van der Waals surface area (Å²) < 4.78 is 5.32. The van der Waals surface area contributed by atoms with E-state index in [1.54, 1.807) is 13.2 Å². The van der Waals surface area contributed by atoms with Crippen LogP contribution in [0.15, 0.2) is 18.2 Å². The van der Waals surface area contributed by atoms with Gasteiger partial charge in [0.05, 0.1) is 13.0 Å². The SMILES string of the molecule is COc1ccc(Cl)cc1CN1CCC(C(=O)O)CC1. The second-order valence-electron chi connectivity index (χ2n) is 4.84. The Bertz CT molecular complexity index is 456. The van der Waals surface area contributed by atoms with E-state index >= 15 is 0 Å². The van der Waals surface area contributed by atoms with Crippen LogP contribution in [0.1, 0.15) is 18.4 Å². The van der Waals surface area contributed by atoms with Gasteiger partial charge in [0, 0.05) is 17.1 Å². The van der Waals surface area contributed by atoms with Crippen molar-refractivity contribution in [3.8, 4) is 5.75 Å². The molecule has 0 amide bonds. The summed E-state index contributed by atoms with van der Waals surface area (Å²) in [5.74, 6) is -0.0535. The Kier molecular flexibility index (Phi) is 4.66. The normalized spacial score (nSPS) is 17.4. The van der Waals surface area contributed by atoms with E-state index in [4.69, 9.17) is 21.4 Å². The van der Waals surface area contributed by atoms with Crippen molar-refractivity contribution in [2.24, 2.45) is 5.92 Å². The minimum absolute atomic E-state index is 0.197. The van der Waals surface area contributed by atoms with Gasteiger partial charge in [-0.3, -0.25) is 9.69 Å². The quantitative estimate of drug-likeness (QED) is 0.923. The Morgan fingerprint density at radius 3 is 2.74 bits per heavy atom. The number of carboxylic acid groups (broad SMARTS) is 1. The summed E-state index contributed by atoms with van der Waals surface area (Å²) in [7, 11) is 1.64. The number of aliphatic carboxylic acids is 1. The number of carbonyl (C=O) groups is 1. The highest BCUT2D eigenvalue weighted by Gasteiger charge is 2.24. The minimum Gasteiger partial charge on any atom is -0.496 e. The highest BCUT2D eigenvalue weighted by molar-refractivity contribution is 6.30. The molecule has 1 aliphatic heterocycles. The molecule has 19 heavy (non-hydrogen) atoms. The maximum absolute atomic E-state index is 10.9. The zero-order valence-electron chi connectivity index (χ0n) is 10.9. The molecule has 0 atom stereocenters. The third-order valence-corrected chi connectivity index (χ3v) is 3.81. The first-order valence-electron chi connectivity index (χ1n) is 6.37. The topological polar surface area (TPSA) is 49.8 Å². The lowest BCUT2D eigenvalue weighted by atomic mass is 9.97. The van der Waals surface area contributed by atoms with Crippen LogP contribution in [-0.4, -0.2) is 36.2 Å². The molecule has 0 aliphatic carbocycles. The molecular formula is C14H18ClNO3. The van der Waals surface area contributed by atoms with Crippen LogP contribution in [0.4, 0.5) is 0 Å². The molecule has 5 heteroatoms. The van der Waals surface area contributed by atoms with Gasteiger partial charge in [0.25, 0.3) is 0 Å². The van der Waals surface area contributed by atoms with Crippen molar-refractivity contribution in [1.82, 2.24) is 4.90 Å². The zero-order valence-corrected chi connectivity index (χ0v) is 11.7. The summed E-state index contributed by atoms with van der Waals surface area (Å²) >= 11 is 6.00. The van der Waals surface area contributed by atoms with Gasteiger partial charge >= 0.3 is 5.97 Å². The second kappa shape index (κ2) is 6.26. The van der Waals surface area contributed by atoms with Crippen molar-refractivity contribution >= 4 is 17.6 Å².